The molecule has 0 aromatic heterocycles. The summed E-state index contributed by atoms with van der Waals surface area (Å²) < 4.78 is 16.5. The maximum absolute atomic E-state index is 5.63. The van der Waals surface area contributed by atoms with Crippen molar-refractivity contribution in [3.8, 4) is 0 Å². The Kier molecular flexibility index (Phi) is 2.35. The molecule has 2 aliphatic heterocycles. The van der Waals surface area contributed by atoms with E-state index in [1.807, 2.05) is 0 Å². The zero-order chi connectivity index (χ0) is 8.55. The van der Waals surface area contributed by atoms with E-state index in [0.717, 1.165) is 13.0 Å². The monoisotopic (exact) mass is 172 g/mol. The van der Waals surface area contributed by atoms with Crippen LogP contribution in [0.25, 0.3) is 0 Å². The molecule has 3 nitrogen and oxygen atoms in total. The maximum atomic E-state index is 5.63. The Bertz CT molecular complexity index is 142. The second kappa shape index (κ2) is 3.32. The summed E-state index contributed by atoms with van der Waals surface area (Å²) in [6.07, 6.45) is 1.78. The molecule has 0 unspecified atom stereocenters. The van der Waals surface area contributed by atoms with Crippen molar-refractivity contribution in [2.45, 2.75) is 31.7 Å². The Balaban J connectivity index is 2.01. The molecule has 2 fully saturated rings. The molecule has 70 valence electrons. The van der Waals surface area contributed by atoms with Crippen molar-refractivity contribution in [2.75, 3.05) is 20.3 Å². The average molecular weight is 172 g/mol. The molecule has 0 saturated carbocycles. The molecule has 0 N–H and O–H groups in total. The van der Waals surface area contributed by atoms with Gasteiger partial charge in [0.2, 0.25) is 0 Å². The first-order valence-electron chi connectivity index (χ1n) is 4.62. The normalized spacial score (nSPS) is 46.5. The smallest absolute Gasteiger partial charge is 0.112 e. The zero-order valence-electron chi connectivity index (χ0n) is 7.66. The zero-order valence-corrected chi connectivity index (χ0v) is 7.66. The summed E-state index contributed by atoms with van der Waals surface area (Å²) in [5.41, 5.74) is 0. The largest absolute Gasteiger partial charge is 0.376 e. The van der Waals surface area contributed by atoms with Gasteiger partial charge < -0.3 is 14.2 Å². The Morgan fingerprint density at radius 2 is 2.00 bits per heavy atom. The molecule has 0 aromatic carbocycles. The van der Waals surface area contributed by atoms with Crippen molar-refractivity contribution in [3.63, 3.8) is 0 Å². The van der Waals surface area contributed by atoms with E-state index in [9.17, 15) is 0 Å². The number of rotatable bonds is 2. The Labute approximate surface area is 73.0 Å². The Hall–Kier alpha value is -0.120. The molecule has 2 saturated heterocycles. The second-order valence-corrected chi connectivity index (χ2v) is 3.54. The summed E-state index contributed by atoms with van der Waals surface area (Å²) in [6, 6.07) is 0. The lowest BCUT2D eigenvalue weighted by Crippen LogP contribution is -2.30. The first kappa shape index (κ1) is 8.48. The second-order valence-electron chi connectivity index (χ2n) is 3.54. The van der Waals surface area contributed by atoms with Crippen LogP contribution in [0, 0.1) is 5.92 Å². The van der Waals surface area contributed by atoms with Gasteiger partial charge in [-0.2, -0.15) is 0 Å². The number of hydrogen-bond acceptors (Lipinski definition) is 3. The van der Waals surface area contributed by atoms with Gasteiger partial charge in [-0.25, -0.2) is 0 Å². The van der Waals surface area contributed by atoms with Crippen LogP contribution in [0.15, 0.2) is 0 Å². The molecule has 0 spiro atoms. The molecule has 0 aromatic rings. The van der Waals surface area contributed by atoms with E-state index in [1.54, 1.807) is 7.11 Å². The third-order valence-electron chi connectivity index (χ3n) is 2.94. The fourth-order valence-electron chi connectivity index (χ4n) is 2.10. The summed E-state index contributed by atoms with van der Waals surface area (Å²) in [5.74, 6) is 0.579. The quantitative estimate of drug-likeness (QED) is 0.617. The Morgan fingerprint density at radius 3 is 2.67 bits per heavy atom. The van der Waals surface area contributed by atoms with Gasteiger partial charge in [0.1, 0.15) is 12.2 Å². The van der Waals surface area contributed by atoms with Gasteiger partial charge in [-0.15, -0.1) is 0 Å². The Morgan fingerprint density at radius 1 is 1.25 bits per heavy atom. The highest BCUT2D eigenvalue weighted by molar-refractivity contribution is 4.94. The highest BCUT2D eigenvalue weighted by Gasteiger charge is 2.46. The first-order chi connectivity index (χ1) is 5.86. The van der Waals surface area contributed by atoms with E-state index in [1.165, 1.54) is 0 Å². The average Bonchev–Trinajstić information content (AvgIpc) is 2.62. The number of ether oxygens (including phenoxy) is 3. The van der Waals surface area contributed by atoms with Gasteiger partial charge in [0.15, 0.2) is 0 Å². The van der Waals surface area contributed by atoms with Crippen LogP contribution in [0.3, 0.4) is 0 Å². The highest BCUT2D eigenvalue weighted by Crippen LogP contribution is 2.33. The van der Waals surface area contributed by atoms with Gasteiger partial charge in [0, 0.05) is 13.0 Å². The lowest BCUT2D eigenvalue weighted by Gasteiger charge is -2.14. The molecular weight excluding hydrogens is 156 g/mol. The lowest BCUT2D eigenvalue weighted by atomic mass is 9.99. The third kappa shape index (κ3) is 1.16. The van der Waals surface area contributed by atoms with Gasteiger partial charge in [-0.05, 0) is 6.42 Å². The molecule has 0 amide bonds. The van der Waals surface area contributed by atoms with Crippen LogP contribution in [-0.4, -0.2) is 38.6 Å². The van der Waals surface area contributed by atoms with Gasteiger partial charge in [-0.3, -0.25) is 0 Å². The topological polar surface area (TPSA) is 27.7 Å². The van der Waals surface area contributed by atoms with Gasteiger partial charge in [0.25, 0.3) is 0 Å². The number of fused-ring (bicyclic) bond motifs is 1. The molecule has 0 radical (unpaired) electrons. The van der Waals surface area contributed by atoms with Crippen molar-refractivity contribution in [1.82, 2.24) is 0 Å². The van der Waals surface area contributed by atoms with Gasteiger partial charge >= 0.3 is 0 Å². The van der Waals surface area contributed by atoms with Gasteiger partial charge in [0.05, 0.1) is 19.3 Å². The van der Waals surface area contributed by atoms with Crippen molar-refractivity contribution in [2.24, 2.45) is 5.92 Å². The van der Waals surface area contributed by atoms with E-state index in [2.05, 4.69) is 6.92 Å². The van der Waals surface area contributed by atoms with Crippen LogP contribution in [0.1, 0.15) is 13.3 Å². The fourth-order valence-corrected chi connectivity index (χ4v) is 2.10. The van der Waals surface area contributed by atoms with E-state index < -0.39 is 0 Å². The van der Waals surface area contributed by atoms with Crippen LogP contribution < -0.4 is 0 Å². The van der Waals surface area contributed by atoms with E-state index in [0.29, 0.717) is 18.6 Å². The van der Waals surface area contributed by atoms with E-state index in [4.69, 9.17) is 14.2 Å². The summed E-state index contributed by atoms with van der Waals surface area (Å²) in [5, 5.41) is 0. The van der Waals surface area contributed by atoms with E-state index in [-0.39, 0.29) is 12.2 Å². The van der Waals surface area contributed by atoms with Crippen molar-refractivity contribution in [3.05, 3.63) is 0 Å². The molecule has 0 aliphatic carbocycles. The van der Waals surface area contributed by atoms with Crippen molar-refractivity contribution < 1.29 is 14.2 Å². The fraction of sp³-hybridized carbons (Fsp3) is 1.00. The molecule has 2 rings (SSSR count). The minimum Gasteiger partial charge on any atom is -0.376 e. The first-order valence-corrected chi connectivity index (χ1v) is 4.62. The molecule has 2 heterocycles. The molecule has 2 aliphatic rings. The van der Waals surface area contributed by atoms with Crippen LogP contribution in [0.2, 0.25) is 0 Å². The predicted molar refractivity (Wildman–Crippen MR) is 44.1 cm³/mol. The summed E-state index contributed by atoms with van der Waals surface area (Å²) in [7, 11) is 1.72. The highest BCUT2D eigenvalue weighted by atomic mass is 16.6. The maximum Gasteiger partial charge on any atom is 0.112 e. The number of methoxy groups -OCH3 is 1. The number of hydrogen-bond donors (Lipinski definition) is 0. The lowest BCUT2D eigenvalue weighted by molar-refractivity contribution is -0.00923. The minimum atomic E-state index is 0.159. The SMILES string of the molecule is CC[C@H]1CO[C@@H]2[C@H]1OC[C@H]2OC. The summed E-state index contributed by atoms with van der Waals surface area (Å²) in [4.78, 5) is 0. The van der Waals surface area contributed by atoms with Crippen LogP contribution >= 0.6 is 0 Å². The minimum absolute atomic E-state index is 0.159. The van der Waals surface area contributed by atoms with Gasteiger partial charge in [-0.1, -0.05) is 6.92 Å². The molecular formula is C9H16O3. The van der Waals surface area contributed by atoms with E-state index >= 15 is 0 Å². The standard InChI is InChI=1S/C9H16O3/c1-3-6-4-11-9-7(10-2)5-12-8(6)9/h6-9H,3-5H2,1-2H3/t6-,7+,8-,9-/m0/s1. The summed E-state index contributed by atoms with van der Waals surface area (Å²) >= 11 is 0. The predicted octanol–water partition coefficient (Wildman–Crippen LogP) is 0.825. The van der Waals surface area contributed by atoms with Crippen LogP contribution in [-0.2, 0) is 14.2 Å². The van der Waals surface area contributed by atoms with Crippen LogP contribution in [0.4, 0.5) is 0 Å². The summed E-state index contributed by atoms with van der Waals surface area (Å²) in [6.45, 7) is 3.72. The molecule has 4 atom stereocenters. The van der Waals surface area contributed by atoms with Crippen molar-refractivity contribution >= 4 is 0 Å². The molecule has 3 heteroatoms. The molecule has 12 heavy (non-hydrogen) atoms. The van der Waals surface area contributed by atoms with Crippen molar-refractivity contribution in [1.29, 1.82) is 0 Å². The third-order valence-corrected chi connectivity index (χ3v) is 2.94. The van der Waals surface area contributed by atoms with Crippen LogP contribution in [0.5, 0.6) is 0 Å². The molecule has 0 bridgehead atoms.